The van der Waals surface area contributed by atoms with Crippen LogP contribution >= 0.6 is 0 Å². The molecule has 1 saturated carbocycles. The van der Waals surface area contributed by atoms with Crippen LogP contribution in [0.2, 0.25) is 0 Å². The smallest absolute Gasteiger partial charge is 0.328 e. The highest BCUT2D eigenvalue weighted by Gasteiger charge is 2.39. The van der Waals surface area contributed by atoms with E-state index in [-0.39, 0.29) is 49.9 Å². The number of urea groups is 1. The van der Waals surface area contributed by atoms with Gasteiger partial charge in [0.25, 0.3) is 5.91 Å². The van der Waals surface area contributed by atoms with Gasteiger partial charge in [-0.15, -0.1) is 0 Å². The van der Waals surface area contributed by atoms with Crippen LogP contribution in [0.25, 0.3) is 10.9 Å². The monoisotopic (exact) mass is 476 g/mol. The Bertz CT molecular complexity index is 1270. The van der Waals surface area contributed by atoms with Gasteiger partial charge in [0.15, 0.2) is 0 Å². The van der Waals surface area contributed by atoms with E-state index >= 15 is 0 Å². The highest BCUT2D eigenvalue weighted by molar-refractivity contribution is 6.04. The van der Waals surface area contributed by atoms with Crippen molar-refractivity contribution in [2.45, 2.75) is 45.3 Å². The Kier molecular flexibility index (Phi) is 6.28. The molecule has 0 radical (unpaired) electrons. The van der Waals surface area contributed by atoms with Crippen molar-refractivity contribution in [2.24, 2.45) is 5.92 Å². The summed E-state index contributed by atoms with van der Waals surface area (Å²) in [6, 6.07) is 13.5. The van der Waals surface area contributed by atoms with Crippen molar-refractivity contribution in [1.82, 2.24) is 19.7 Å². The van der Waals surface area contributed by atoms with Crippen LogP contribution in [0.4, 0.5) is 9.18 Å². The molecule has 0 spiro atoms. The van der Waals surface area contributed by atoms with Crippen LogP contribution < -0.4 is 0 Å². The average Bonchev–Trinajstić information content (AvgIpc) is 3.32. The van der Waals surface area contributed by atoms with Crippen LogP contribution in [-0.2, 0) is 22.7 Å². The Labute approximate surface area is 203 Å². The van der Waals surface area contributed by atoms with Crippen molar-refractivity contribution in [3.8, 4) is 0 Å². The molecule has 1 saturated heterocycles. The first kappa shape index (κ1) is 23.1. The Hall–Kier alpha value is -3.68. The number of carbonyl (C=O) groups is 3. The van der Waals surface area contributed by atoms with E-state index in [1.54, 1.807) is 17.0 Å². The highest BCUT2D eigenvalue weighted by atomic mass is 19.1. The molecule has 1 aliphatic heterocycles. The lowest BCUT2D eigenvalue weighted by atomic mass is 9.79. The van der Waals surface area contributed by atoms with Gasteiger partial charge >= 0.3 is 6.03 Å². The zero-order valence-electron chi connectivity index (χ0n) is 19.7. The molecular weight excluding hydrogens is 447 g/mol. The highest BCUT2D eigenvalue weighted by Crippen LogP contribution is 2.33. The van der Waals surface area contributed by atoms with E-state index in [0.29, 0.717) is 11.5 Å². The number of H-pyrrole nitrogens is 1. The molecule has 1 atom stereocenters. The third-order valence-corrected chi connectivity index (χ3v) is 7.34. The molecule has 2 fully saturated rings. The van der Waals surface area contributed by atoms with Gasteiger partial charge in [0.2, 0.25) is 5.91 Å². The number of halogens is 1. The number of nitrogens with one attached hydrogen (secondary N) is 1. The SMILES string of the molecule is CC(C1CCC1)N(Cc1cccc(F)c1)C(=O)CN1C(=O)CN(Cc2c[nH]c3ccccc23)C1=O. The molecule has 0 bridgehead atoms. The fraction of sp³-hybridized carbons (Fsp3) is 0.370. The van der Waals surface area contributed by atoms with Gasteiger partial charge < -0.3 is 14.8 Å². The Morgan fingerprint density at radius 3 is 2.71 bits per heavy atom. The predicted molar refractivity (Wildman–Crippen MR) is 130 cm³/mol. The van der Waals surface area contributed by atoms with E-state index < -0.39 is 6.03 Å². The number of aromatic amines is 1. The summed E-state index contributed by atoms with van der Waals surface area (Å²) < 4.78 is 13.8. The largest absolute Gasteiger partial charge is 0.361 e. The molecular formula is C27H29FN4O3. The van der Waals surface area contributed by atoms with Gasteiger partial charge in [-0.3, -0.25) is 14.5 Å². The summed E-state index contributed by atoms with van der Waals surface area (Å²) in [5, 5.41) is 0.998. The van der Waals surface area contributed by atoms with Crippen molar-refractivity contribution in [1.29, 1.82) is 0 Å². The lowest BCUT2D eigenvalue weighted by Gasteiger charge is -2.39. The number of aromatic nitrogens is 1. The molecule has 182 valence electrons. The molecule has 4 amide bonds. The van der Waals surface area contributed by atoms with E-state index in [1.165, 1.54) is 17.0 Å². The molecule has 7 nitrogen and oxygen atoms in total. The van der Waals surface area contributed by atoms with E-state index in [1.807, 2.05) is 37.4 Å². The number of carbonyl (C=O) groups excluding carboxylic acids is 3. The van der Waals surface area contributed by atoms with E-state index in [0.717, 1.165) is 40.6 Å². The first-order valence-electron chi connectivity index (χ1n) is 12.1. The van der Waals surface area contributed by atoms with Crippen molar-refractivity contribution in [3.05, 3.63) is 71.7 Å². The van der Waals surface area contributed by atoms with Gasteiger partial charge in [-0.1, -0.05) is 36.8 Å². The summed E-state index contributed by atoms with van der Waals surface area (Å²) in [6.45, 7) is 2.15. The molecule has 1 N–H and O–H groups in total. The van der Waals surface area contributed by atoms with Crippen LogP contribution in [0.1, 0.15) is 37.3 Å². The molecule has 1 aromatic heterocycles. The van der Waals surface area contributed by atoms with Crippen molar-refractivity contribution < 1.29 is 18.8 Å². The summed E-state index contributed by atoms with van der Waals surface area (Å²) in [4.78, 5) is 46.7. The lowest BCUT2D eigenvalue weighted by molar-refractivity contribution is -0.140. The van der Waals surface area contributed by atoms with E-state index in [4.69, 9.17) is 0 Å². The zero-order valence-corrected chi connectivity index (χ0v) is 19.7. The molecule has 2 heterocycles. The first-order chi connectivity index (χ1) is 16.9. The Balaban J connectivity index is 1.30. The third-order valence-electron chi connectivity index (χ3n) is 7.34. The fourth-order valence-electron chi connectivity index (χ4n) is 5.04. The normalized spacial score (nSPS) is 17.2. The van der Waals surface area contributed by atoms with Gasteiger partial charge in [-0.05, 0) is 55.0 Å². The Morgan fingerprint density at radius 1 is 1.17 bits per heavy atom. The quantitative estimate of drug-likeness (QED) is 0.493. The molecule has 35 heavy (non-hydrogen) atoms. The molecule has 2 aliphatic rings. The number of hydrogen-bond acceptors (Lipinski definition) is 3. The summed E-state index contributed by atoms with van der Waals surface area (Å²) in [5.41, 5.74) is 2.57. The minimum Gasteiger partial charge on any atom is -0.361 e. The van der Waals surface area contributed by atoms with Crippen molar-refractivity contribution in [2.75, 3.05) is 13.1 Å². The fourth-order valence-corrected chi connectivity index (χ4v) is 5.04. The van der Waals surface area contributed by atoms with Gasteiger partial charge in [0.05, 0.1) is 6.54 Å². The maximum atomic E-state index is 13.8. The molecule has 1 unspecified atom stereocenters. The minimum absolute atomic E-state index is 0.0605. The number of para-hydroxylation sites is 1. The molecule has 1 aliphatic carbocycles. The summed E-state index contributed by atoms with van der Waals surface area (Å²) in [6.07, 6.45) is 5.04. The number of nitrogens with zero attached hydrogens (tertiary/aromatic N) is 3. The summed E-state index contributed by atoms with van der Waals surface area (Å²) in [5.74, 6) is -0.672. The predicted octanol–water partition coefficient (Wildman–Crippen LogP) is 4.29. The number of imide groups is 1. The third kappa shape index (κ3) is 4.65. The average molecular weight is 477 g/mol. The molecule has 5 rings (SSSR count). The van der Waals surface area contributed by atoms with Crippen LogP contribution in [0, 0.1) is 11.7 Å². The Morgan fingerprint density at radius 2 is 1.97 bits per heavy atom. The number of hydrogen-bond donors (Lipinski definition) is 1. The van der Waals surface area contributed by atoms with Gasteiger partial charge in [-0.2, -0.15) is 0 Å². The number of fused-ring (bicyclic) bond motifs is 1. The number of benzene rings is 2. The first-order valence-corrected chi connectivity index (χ1v) is 12.1. The second-order valence-electron chi connectivity index (χ2n) is 9.56. The van der Waals surface area contributed by atoms with Crippen LogP contribution in [0.15, 0.2) is 54.7 Å². The zero-order chi connectivity index (χ0) is 24.5. The van der Waals surface area contributed by atoms with E-state index in [9.17, 15) is 18.8 Å². The number of amides is 4. The van der Waals surface area contributed by atoms with Crippen LogP contribution in [0.3, 0.4) is 0 Å². The van der Waals surface area contributed by atoms with E-state index in [2.05, 4.69) is 4.98 Å². The van der Waals surface area contributed by atoms with Crippen molar-refractivity contribution in [3.63, 3.8) is 0 Å². The van der Waals surface area contributed by atoms with Gasteiger partial charge in [0, 0.05) is 29.7 Å². The summed E-state index contributed by atoms with van der Waals surface area (Å²) >= 11 is 0. The molecule has 8 heteroatoms. The van der Waals surface area contributed by atoms with Gasteiger partial charge in [-0.25, -0.2) is 9.18 Å². The second-order valence-corrected chi connectivity index (χ2v) is 9.56. The topological polar surface area (TPSA) is 76.7 Å². The van der Waals surface area contributed by atoms with Gasteiger partial charge in [0.1, 0.15) is 18.9 Å². The van der Waals surface area contributed by atoms with Crippen molar-refractivity contribution >= 4 is 28.7 Å². The minimum atomic E-state index is -0.462. The standard InChI is InChI=1S/C27H29FN4O3/c1-18(20-7-5-8-20)31(14-19-6-4-9-22(28)12-19)26(34)17-32-25(33)16-30(27(32)35)15-21-13-29-24-11-3-2-10-23(21)24/h2-4,6,9-13,18,20,29H,5,7-8,14-17H2,1H3. The second kappa shape index (κ2) is 9.52. The maximum Gasteiger partial charge on any atom is 0.328 e. The van der Waals surface area contributed by atoms with Crippen LogP contribution in [0.5, 0.6) is 0 Å². The summed E-state index contributed by atoms with van der Waals surface area (Å²) in [7, 11) is 0. The number of rotatable bonds is 8. The van der Waals surface area contributed by atoms with Crippen LogP contribution in [-0.4, -0.2) is 56.7 Å². The lowest BCUT2D eigenvalue weighted by Crippen LogP contribution is -2.49. The molecule has 2 aromatic carbocycles. The maximum absolute atomic E-state index is 13.8. The molecule has 3 aromatic rings.